The van der Waals surface area contributed by atoms with Crippen LogP contribution < -0.4 is 5.73 Å². The molecule has 0 aromatic carbocycles. The monoisotopic (exact) mass is 101 g/mol. The molecule has 3 N–H and O–H groups in total. The van der Waals surface area contributed by atoms with E-state index in [1.807, 2.05) is 6.92 Å². The number of hydrogen-bond acceptors (Lipinski definition) is 2. The van der Waals surface area contributed by atoms with E-state index in [2.05, 4.69) is 6.58 Å². The summed E-state index contributed by atoms with van der Waals surface area (Å²) in [6.45, 7) is 5.15. The Bertz CT molecular complexity index is 70.5. The van der Waals surface area contributed by atoms with Gasteiger partial charge in [-0.15, -0.1) is 0 Å². The van der Waals surface area contributed by atoms with Gasteiger partial charge >= 0.3 is 0 Å². The average Bonchev–Trinajstić information content (AvgIpc) is 1.65. The summed E-state index contributed by atoms with van der Waals surface area (Å²) in [7, 11) is 0. The van der Waals surface area contributed by atoms with Crippen LogP contribution in [0.5, 0.6) is 0 Å². The van der Waals surface area contributed by atoms with Gasteiger partial charge in [-0.25, -0.2) is 0 Å². The van der Waals surface area contributed by atoms with Gasteiger partial charge in [-0.3, -0.25) is 0 Å². The van der Waals surface area contributed by atoms with Gasteiger partial charge in [-0.1, -0.05) is 13.5 Å². The van der Waals surface area contributed by atoms with E-state index in [9.17, 15) is 0 Å². The largest absolute Gasteiger partial charge is 0.511 e. The van der Waals surface area contributed by atoms with E-state index >= 15 is 0 Å². The molecule has 0 aromatic heterocycles. The smallest absolute Gasteiger partial charge is 0.102 e. The second-order valence-corrected chi connectivity index (χ2v) is 1.51. The standard InChI is InChI=1S/C5H11NO/c1-3-5(6)4(2)7/h5,7H,2-3,6H2,1H3/t5-/m0/s1. The third-order valence-corrected chi connectivity index (χ3v) is 0.868. The number of aliphatic hydroxyl groups excluding tert-OH is 1. The second-order valence-electron chi connectivity index (χ2n) is 1.51. The minimum absolute atomic E-state index is 0.0718. The van der Waals surface area contributed by atoms with Crippen LogP contribution in [0, 0.1) is 0 Å². The molecule has 0 saturated heterocycles. The van der Waals surface area contributed by atoms with Crippen LogP contribution in [0.4, 0.5) is 0 Å². The molecule has 0 aliphatic carbocycles. The first-order valence-electron chi connectivity index (χ1n) is 2.31. The zero-order chi connectivity index (χ0) is 5.86. The van der Waals surface area contributed by atoms with E-state index in [0.717, 1.165) is 6.42 Å². The van der Waals surface area contributed by atoms with Gasteiger partial charge in [-0.2, -0.15) is 0 Å². The van der Waals surface area contributed by atoms with Crippen molar-refractivity contribution < 1.29 is 5.11 Å². The highest BCUT2D eigenvalue weighted by atomic mass is 16.3. The highest BCUT2D eigenvalue weighted by Gasteiger charge is 1.98. The number of aliphatic hydroxyl groups is 1. The quantitative estimate of drug-likeness (QED) is 0.505. The Hall–Kier alpha value is -0.500. The summed E-state index contributed by atoms with van der Waals surface area (Å²) in [5.74, 6) is 0.0718. The molecule has 0 radical (unpaired) electrons. The molecule has 1 atom stereocenters. The molecular formula is C5H11NO. The van der Waals surface area contributed by atoms with Gasteiger partial charge in [0, 0.05) is 0 Å². The van der Waals surface area contributed by atoms with Gasteiger partial charge in [0.25, 0.3) is 0 Å². The van der Waals surface area contributed by atoms with Crippen LogP contribution in [-0.2, 0) is 0 Å². The molecule has 2 nitrogen and oxygen atoms in total. The van der Waals surface area contributed by atoms with Crippen molar-refractivity contribution in [3.8, 4) is 0 Å². The Morgan fingerprint density at radius 3 is 2.43 bits per heavy atom. The van der Waals surface area contributed by atoms with Crippen LogP contribution in [0.2, 0.25) is 0 Å². The lowest BCUT2D eigenvalue weighted by Crippen LogP contribution is -2.20. The first-order chi connectivity index (χ1) is 3.18. The van der Waals surface area contributed by atoms with Crippen molar-refractivity contribution in [3.63, 3.8) is 0 Å². The summed E-state index contributed by atoms with van der Waals surface area (Å²) in [5, 5.41) is 8.50. The SMILES string of the molecule is C=C(O)[C@@H](N)CC. The van der Waals surface area contributed by atoms with Crippen molar-refractivity contribution >= 4 is 0 Å². The Morgan fingerprint density at radius 2 is 2.43 bits per heavy atom. The van der Waals surface area contributed by atoms with Gasteiger partial charge < -0.3 is 10.8 Å². The number of hydrogen-bond donors (Lipinski definition) is 2. The molecule has 42 valence electrons. The zero-order valence-electron chi connectivity index (χ0n) is 4.52. The van der Waals surface area contributed by atoms with E-state index in [0.29, 0.717) is 0 Å². The van der Waals surface area contributed by atoms with Crippen LogP contribution in [-0.4, -0.2) is 11.1 Å². The Morgan fingerprint density at radius 1 is 2.00 bits per heavy atom. The normalized spacial score (nSPS) is 13.4. The van der Waals surface area contributed by atoms with Crippen LogP contribution in [0.1, 0.15) is 13.3 Å². The van der Waals surface area contributed by atoms with E-state index in [-0.39, 0.29) is 11.8 Å². The fourth-order valence-corrected chi connectivity index (χ4v) is 0.236. The van der Waals surface area contributed by atoms with E-state index in [4.69, 9.17) is 10.8 Å². The summed E-state index contributed by atoms with van der Waals surface area (Å²) < 4.78 is 0. The maximum atomic E-state index is 8.50. The lowest BCUT2D eigenvalue weighted by Gasteiger charge is -2.02. The first kappa shape index (κ1) is 6.50. The molecule has 0 spiro atoms. The predicted molar refractivity (Wildman–Crippen MR) is 30.0 cm³/mol. The molecule has 7 heavy (non-hydrogen) atoms. The number of rotatable bonds is 2. The van der Waals surface area contributed by atoms with E-state index in [1.54, 1.807) is 0 Å². The van der Waals surface area contributed by atoms with Crippen molar-refractivity contribution in [1.29, 1.82) is 0 Å². The van der Waals surface area contributed by atoms with E-state index in [1.165, 1.54) is 0 Å². The maximum absolute atomic E-state index is 8.50. The fraction of sp³-hybridized carbons (Fsp3) is 0.600. The molecule has 0 rings (SSSR count). The molecule has 0 fully saturated rings. The molecule has 0 unspecified atom stereocenters. The van der Waals surface area contributed by atoms with E-state index < -0.39 is 0 Å². The molecule has 0 saturated carbocycles. The van der Waals surface area contributed by atoms with Crippen LogP contribution in [0.15, 0.2) is 12.3 Å². The van der Waals surface area contributed by atoms with Gasteiger partial charge in [0.15, 0.2) is 0 Å². The molecule has 0 bridgehead atoms. The minimum Gasteiger partial charge on any atom is -0.511 e. The highest BCUT2D eigenvalue weighted by molar-refractivity contribution is 4.90. The number of nitrogens with two attached hydrogens (primary N) is 1. The Labute approximate surface area is 43.6 Å². The van der Waals surface area contributed by atoms with Crippen molar-refractivity contribution in [2.24, 2.45) is 5.73 Å². The van der Waals surface area contributed by atoms with Crippen molar-refractivity contribution in [2.75, 3.05) is 0 Å². The van der Waals surface area contributed by atoms with Crippen molar-refractivity contribution in [2.45, 2.75) is 19.4 Å². The topological polar surface area (TPSA) is 46.2 Å². The van der Waals surface area contributed by atoms with Gasteiger partial charge in [-0.05, 0) is 6.42 Å². The third-order valence-electron chi connectivity index (χ3n) is 0.868. The summed E-state index contributed by atoms with van der Waals surface area (Å²) >= 11 is 0. The molecular weight excluding hydrogens is 90.1 g/mol. The summed E-state index contributed by atoms with van der Waals surface area (Å²) in [6, 6.07) is -0.236. The van der Waals surface area contributed by atoms with Crippen molar-refractivity contribution in [1.82, 2.24) is 0 Å². The maximum Gasteiger partial charge on any atom is 0.102 e. The zero-order valence-corrected chi connectivity index (χ0v) is 4.52. The van der Waals surface area contributed by atoms with Crippen LogP contribution in [0.25, 0.3) is 0 Å². The molecule has 0 heterocycles. The van der Waals surface area contributed by atoms with Crippen molar-refractivity contribution in [3.05, 3.63) is 12.3 Å². The molecule has 0 aliphatic rings. The molecule has 0 aliphatic heterocycles. The van der Waals surface area contributed by atoms with Gasteiger partial charge in [0.2, 0.25) is 0 Å². The summed E-state index contributed by atoms with van der Waals surface area (Å²) in [4.78, 5) is 0. The summed E-state index contributed by atoms with van der Waals surface area (Å²) in [5.41, 5.74) is 5.27. The Balaban J connectivity index is 3.34. The third kappa shape index (κ3) is 2.23. The molecule has 0 aromatic rings. The van der Waals surface area contributed by atoms with Gasteiger partial charge in [0.1, 0.15) is 5.76 Å². The molecule has 0 amide bonds. The van der Waals surface area contributed by atoms with Crippen LogP contribution >= 0.6 is 0 Å². The minimum atomic E-state index is -0.236. The lowest BCUT2D eigenvalue weighted by atomic mass is 10.2. The van der Waals surface area contributed by atoms with Gasteiger partial charge in [0.05, 0.1) is 6.04 Å². The average molecular weight is 101 g/mol. The predicted octanol–water partition coefficient (Wildman–Crippen LogP) is 0.795. The molecule has 2 heteroatoms. The lowest BCUT2D eigenvalue weighted by molar-refractivity contribution is 0.366. The summed E-state index contributed by atoms with van der Waals surface area (Å²) in [6.07, 6.45) is 0.745. The fourth-order valence-electron chi connectivity index (χ4n) is 0.236. The Kier molecular flexibility index (Phi) is 2.45. The first-order valence-corrected chi connectivity index (χ1v) is 2.31. The second kappa shape index (κ2) is 2.64. The van der Waals surface area contributed by atoms with Crippen LogP contribution in [0.3, 0.4) is 0 Å². The highest BCUT2D eigenvalue weighted by Crippen LogP contribution is 1.93.